The molecule has 9 heteroatoms. The molecule has 1 aromatic carbocycles. The molecule has 8 nitrogen and oxygen atoms in total. The van der Waals surface area contributed by atoms with Crippen LogP contribution in [0.5, 0.6) is 5.75 Å². The normalized spacial score (nSPS) is 10.3. The molecule has 2 amide bonds. The third kappa shape index (κ3) is 5.53. The number of rotatable bonds is 9. The maximum atomic E-state index is 12.2. The molecule has 0 saturated heterocycles. The number of nitrogens with one attached hydrogen (secondary N) is 1. The first-order valence-electron chi connectivity index (χ1n) is 8.05. The van der Waals surface area contributed by atoms with Gasteiger partial charge in [-0.2, -0.15) is 0 Å². The van der Waals surface area contributed by atoms with Gasteiger partial charge in [0.05, 0.1) is 24.8 Å². The molecule has 2 aromatic rings. The molecule has 27 heavy (non-hydrogen) atoms. The maximum Gasteiger partial charge on any atom is 0.338 e. The average Bonchev–Trinajstić information content (AvgIpc) is 3.12. The summed E-state index contributed by atoms with van der Waals surface area (Å²) in [7, 11) is 1.53. The number of thiophene rings is 1. The van der Waals surface area contributed by atoms with E-state index in [1.165, 1.54) is 13.2 Å². The summed E-state index contributed by atoms with van der Waals surface area (Å²) in [6, 6.07) is 6.28. The van der Waals surface area contributed by atoms with Crippen molar-refractivity contribution in [3.8, 4) is 5.75 Å². The lowest BCUT2D eigenvalue weighted by molar-refractivity contribution is -0.119. The minimum atomic E-state index is -0.660. The van der Waals surface area contributed by atoms with E-state index in [1.807, 2.05) is 6.92 Å². The van der Waals surface area contributed by atoms with Crippen LogP contribution in [-0.4, -0.2) is 38.1 Å². The van der Waals surface area contributed by atoms with Crippen LogP contribution in [0.1, 0.15) is 33.2 Å². The first-order valence-corrected chi connectivity index (χ1v) is 8.93. The Morgan fingerprint density at radius 3 is 2.67 bits per heavy atom. The second kappa shape index (κ2) is 9.70. The molecule has 0 aliphatic heterocycles. The van der Waals surface area contributed by atoms with Crippen molar-refractivity contribution in [2.24, 2.45) is 5.73 Å². The Morgan fingerprint density at radius 1 is 1.22 bits per heavy atom. The second-order valence-corrected chi connectivity index (χ2v) is 6.23. The van der Waals surface area contributed by atoms with E-state index in [0.29, 0.717) is 22.9 Å². The van der Waals surface area contributed by atoms with E-state index in [9.17, 15) is 14.4 Å². The number of esters is 1. The predicted octanol–water partition coefficient (Wildman–Crippen LogP) is 2.19. The number of hydrogen-bond donors (Lipinski definition) is 2. The minimum absolute atomic E-state index is 0.204. The molecule has 0 radical (unpaired) electrons. The molecular formula is C18H20N2O6S. The molecular weight excluding hydrogens is 372 g/mol. The summed E-state index contributed by atoms with van der Waals surface area (Å²) < 4.78 is 15.6. The van der Waals surface area contributed by atoms with Crippen molar-refractivity contribution in [1.82, 2.24) is 0 Å². The van der Waals surface area contributed by atoms with E-state index in [-0.39, 0.29) is 17.7 Å². The zero-order chi connectivity index (χ0) is 19.8. The van der Waals surface area contributed by atoms with Gasteiger partial charge in [-0.05, 0) is 36.6 Å². The summed E-state index contributed by atoms with van der Waals surface area (Å²) in [5.41, 5.74) is 6.39. The van der Waals surface area contributed by atoms with Gasteiger partial charge in [0.15, 0.2) is 6.61 Å². The summed E-state index contributed by atoms with van der Waals surface area (Å²) in [4.78, 5) is 35.4. The Balaban J connectivity index is 1.97. The molecule has 0 bridgehead atoms. The Hall–Kier alpha value is -2.91. The van der Waals surface area contributed by atoms with Gasteiger partial charge in [0.25, 0.3) is 11.8 Å². The van der Waals surface area contributed by atoms with Crippen molar-refractivity contribution in [2.45, 2.75) is 13.5 Å². The first kappa shape index (κ1) is 20.4. The number of amides is 2. The second-order valence-electron chi connectivity index (χ2n) is 5.32. The van der Waals surface area contributed by atoms with Gasteiger partial charge < -0.3 is 25.3 Å². The number of hydrogen-bond acceptors (Lipinski definition) is 7. The van der Waals surface area contributed by atoms with Crippen molar-refractivity contribution in [1.29, 1.82) is 0 Å². The van der Waals surface area contributed by atoms with Gasteiger partial charge in [0.1, 0.15) is 10.8 Å². The van der Waals surface area contributed by atoms with E-state index in [1.54, 1.807) is 23.6 Å². The van der Waals surface area contributed by atoms with Crippen LogP contribution < -0.4 is 15.8 Å². The summed E-state index contributed by atoms with van der Waals surface area (Å²) in [5.74, 6) is -1.29. The number of anilines is 1. The van der Waals surface area contributed by atoms with Gasteiger partial charge >= 0.3 is 5.97 Å². The number of ether oxygens (including phenoxy) is 3. The third-order valence-corrected chi connectivity index (χ3v) is 4.33. The Labute approximate surface area is 160 Å². The Morgan fingerprint density at radius 2 is 2.00 bits per heavy atom. The van der Waals surface area contributed by atoms with Crippen LogP contribution in [0.3, 0.4) is 0 Å². The molecule has 144 valence electrons. The van der Waals surface area contributed by atoms with Crippen LogP contribution in [0, 0.1) is 0 Å². The molecule has 0 aliphatic carbocycles. The maximum absolute atomic E-state index is 12.2. The topological polar surface area (TPSA) is 117 Å². The number of benzene rings is 1. The SMILES string of the molecule is CCOCc1cc(C(=O)OCC(=O)Nc2sccc2C(N)=O)ccc1OC. The molecule has 2 rings (SSSR count). The standard InChI is InChI=1S/C18H20N2O6S/c1-3-25-9-12-8-11(4-5-14(12)24-2)18(23)26-10-15(21)20-17-13(16(19)22)6-7-27-17/h4-8H,3,9-10H2,1-2H3,(H2,19,22)(H,20,21). The molecule has 0 spiro atoms. The highest BCUT2D eigenvalue weighted by molar-refractivity contribution is 7.14. The predicted molar refractivity (Wildman–Crippen MR) is 100 cm³/mol. The average molecular weight is 392 g/mol. The molecule has 3 N–H and O–H groups in total. The van der Waals surface area contributed by atoms with Crippen LogP contribution in [0.15, 0.2) is 29.6 Å². The molecule has 0 atom stereocenters. The monoisotopic (exact) mass is 392 g/mol. The van der Waals surface area contributed by atoms with Crippen LogP contribution in [0.4, 0.5) is 5.00 Å². The van der Waals surface area contributed by atoms with Crippen LogP contribution in [0.2, 0.25) is 0 Å². The molecule has 0 unspecified atom stereocenters. The fourth-order valence-corrected chi connectivity index (χ4v) is 3.02. The van der Waals surface area contributed by atoms with Crippen molar-refractivity contribution >= 4 is 34.1 Å². The van der Waals surface area contributed by atoms with E-state index < -0.39 is 24.4 Å². The number of carbonyl (C=O) groups is 3. The van der Waals surface area contributed by atoms with E-state index in [4.69, 9.17) is 19.9 Å². The van der Waals surface area contributed by atoms with Crippen molar-refractivity contribution in [3.63, 3.8) is 0 Å². The number of primary amides is 1. The van der Waals surface area contributed by atoms with E-state index in [0.717, 1.165) is 11.3 Å². The van der Waals surface area contributed by atoms with Gasteiger partial charge in [-0.3, -0.25) is 9.59 Å². The van der Waals surface area contributed by atoms with Crippen molar-refractivity contribution in [3.05, 3.63) is 46.3 Å². The lowest BCUT2D eigenvalue weighted by Crippen LogP contribution is -2.22. The van der Waals surface area contributed by atoms with Gasteiger partial charge in [-0.15, -0.1) is 11.3 Å². The molecule has 0 aliphatic rings. The Kier molecular flexibility index (Phi) is 7.33. The number of nitrogens with two attached hydrogens (primary N) is 1. The molecule has 0 fully saturated rings. The molecule has 1 aromatic heterocycles. The van der Waals surface area contributed by atoms with Gasteiger partial charge in [-0.1, -0.05) is 0 Å². The van der Waals surface area contributed by atoms with Crippen molar-refractivity contribution in [2.75, 3.05) is 25.6 Å². The van der Waals surface area contributed by atoms with Gasteiger partial charge in [0, 0.05) is 12.2 Å². The van der Waals surface area contributed by atoms with E-state index in [2.05, 4.69) is 5.32 Å². The highest BCUT2D eigenvalue weighted by Crippen LogP contribution is 2.23. The minimum Gasteiger partial charge on any atom is -0.496 e. The highest BCUT2D eigenvalue weighted by atomic mass is 32.1. The summed E-state index contributed by atoms with van der Waals surface area (Å²) >= 11 is 1.15. The summed E-state index contributed by atoms with van der Waals surface area (Å²) in [6.45, 7) is 2.17. The fraction of sp³-hybridized carbons (Fsp3) is 0.278. The zero-order valence-electron chi connectivity index (χ0n) is 14.9. The lowest BCUT2D eigenvalue weighted by Gasteiger charge is -2.11. The number of methoxy groups -OCH3 is 1. The third-order valence-electron chi connectivity index (χ3n) is 3.50. The fourth-order valence-electron chi connectivity index (χ4n) is 2.21. The summed E-state index contributed by atoms with van der Waals surface area (Å²) in [5, 5.41) is 4.43. The quantitative estimate of drug-likeness (QED) is 0.632. The highest BCUT2D eigenvalue weighted by Gasteiger charge is 2.16. The van der Waals surface area contributed by atoms with Gasteiger partial charge in [0.2, 0.25) is 0 Å². The Bertz CT molecular complexity index is 833. The molecule has 0 saturated carbocycles. The first-order chi connectivity index (χ1) is 13.0. The lowest BCUT2D eigenvalue weighted by atomic mass is 10.1. The van der Waals surface area contributed by atoms with Crippen LogP contribution in [0.25, 0.3) is 0 Å². The molecule has 1 heterocycles. The van der Waals surface area contributed by atoms with Gasteiger partial charge in [-0.25, -0.2) is 4.79 Å². The summed E-state index contributed by atoms with van der Waals surface area (Å²) in [6.07, 6.45) is 0. The van der Waals surface area contributed by atoms with Crippen molar-refractivity contribution < 1.29 is 28.6 Å². The number of carbonyl (C=O) groups excluding carboxylic acids is 3. The zero-order valence-corrected chi connectivity index (χ0v) is 15.8. The van der Waals surface area contributed by atoms with E-state index >= 15 is 0 Å². The van der Waals surface area contributed by atoms with Crippen LogP contribution >= 0.6 is 11.3 Å². The largest absolute Gasteiger partial charge is 0.496 e. The smallest absolute Gasteiger partial charge is 0.338 e. The van der Waals surface area contributed by atoms with Crippen LogP contribution in [-0.2, 0) is 20.9 Å².